The molecule has 2 heteroatoms. The number of rotatable bonds is 0. The minimum absolute atomic E-state index is 0.521. The minimum atomic E-state index is 0.521. The van der Waals surface area contributed by atoms with Gasteiger partial charge in [0.25, 0.3) is 0 Å². The van der Waals surface area contributed by atoms with Crippen LogP contribution in [0.15, 0.2) is 28.9 Å². The molecule has 0 bridgehead atoms. The molecule has 1 aliphatic rings. The van der Waals surface area contributed by atoms with Crippen molar-refractivity contribution in [3.05, 3.63) is 35.6 Å². The molecule has 78 valence electrons. The molecule has 0 N–H and O–H groups in total. The highest BCUT2D eigenvalue weighted by atomic mass is 16.3. The Morgan fingerprint density at radius 1 is 1.33 bits per heavy atom. The van der Waals surface area contributed by atoms with Gasteiger partial charge in [-0.15, -0.1) is 0 Å². The van der Waals surface area contributed by atoms with Crippen LogP contribution in [0.2, 0.25) is 0 Å². The number of benzene rings is 1. The first kappa shape index (κ1) is 8.98. The fourth-order valence-corrected chi connectivity index (χ4v) is 2.51. The van der Waals surface area contributed by atoms with E-state index in [1.165, 1.54) is 16.5 Å². The first-order chi connectivity index (χ1) is 7.27. The van der Waals surface area contributed by atoms with Gasteiger partial charge in [-0.2, -0.15) is 0 Å². The molecule has 0 amide bonds. The van der Waals surface area contributed by atoms with Crippen LogP contribution in [0.1, 0.15) is 24.1 Å². The first-order valence-corrected chi connectivity index (χ1v) is 5.46. The Balaban J connectivity index is 2.26. The smallest absolute Gasteiger partial charge is 0.134 e. The number of furan rings is 1. The first-order valence-electron chi connectivity index (χ1n) is 5.46. The van der Waals surface area contributed by atoms with Gasteiger partial charge in [-0.1, -0.05) is 6.07 Å². The van der Waals surface area contributed by atoms with Crippen LogP contribution in [0.5, 0.6) is 0 Å². The average Bonchev–Trinajstić information content (AvgIpc) is 2.71. The fraction of sp³-hybridized carbons (Fsp3) is 0.385. The van der Waals surface area contributed by atoms with E-state index < -0.39 is 0 Å². The van der Waals surface area contributed by atoms with Crippen molar-refractivity contribution in [1.82, 2.24) is 4.90 Å². The average molecular weight is 201 g/mol. The van der Waals surface area contributed by atoms with Gasteiger partial charge in [0.2, 0.25) is 0 Å². The third-order valence-corrected chi connectivity index (χ3v) is 3.61. The largest absolute Gasteiger partial charge is 0.464 e. The lowest BCUT2D eigenvalue weighted by Gasteiger charge is -2.32. The lowest BCUT2D eigenvalue weighted by Crippen LogP contribution is -2.30. The Labute approximate surface area is 89.5 Å². The molecule has 2 aromatic rings. The van der Waals surface area contributed by atoms with Crippen molar-refractivity contribution in [2.75, 3.05) is 13.6 Å². The molecule has 1 aromatic heterocycles. The van der Waals surface area contributed by atoms with Crippen LogP contribution in [0.4, 0.5) is 0 Å². The predicted octanol–water partition coefficient (Wildman–Crippen LogP) is 2.98. The van der Waals surface area contributed by atoms with E-state index in [0.717, 1.165) is 18.5 Å². The zero-order chi connectivity index (χ0) is 10.4. The third kappa shape index (κ3) is 1.21. The van der Waals surface area contributed by atoms with Crippen LogP contribution in [0, 0.1) is 0 Å². The van der Waals surface area contributed by atoms with E-state index in [1.54, 1.807) is 6.26 Å². The van der Waals surface area contributed by atoms with E-state index in [9.17, 15) is 0 Å². The van der Waals surface area contributed by atoms with Crippen molar-refractivity contribution in [1.29, 1.82) is 0 Å². The number of hydrogen-bond acceptors (Lipinski definition) is 2. The number of nitrogens with zero attached hydrogens (tertiary/aromatic N) is 1. The van der Waals surface area contributed by atoms with E-state index >= 15 is 0 Å². The zero-order valence-electron chi connectivity index (χ0n) is 9.16. The number of hydrogen-bond donors (Lipinski definition) is 0. The molecule has 1 aliphatic heterocycles. The summed E-state index contributed by atoms with van der Waals surface area (Å²) >= 11 is 0. The zero-order valence-corrected chi connectivity index (χ0v) is 9.16. The molecular formula is C13H15NO. The molecule has 15 heavy (non-hydrogen) atoms. The normalized spacial score (nSPS) is 21.9. The molecular weight excluding hydrogens is 186 g/mol. The van der Waals surface area contributed by atoms with E-state index in [-0.39, 0.29) is 0 Å². The van der Waals surface area contributed by atoms with Crippen molar-refractivity contribution in [2.45, 2.75) is 19.4 Å². The van der Waals surface area contributed by atoms with Gasteiger partial charge in [-0.25, -0.2) is 0 Å². The number of fused-ring (bicyclic) bond motifs is 3. The van der Waals surface area contributed by atoms with Crippen LogP contribution in [0.25, 0.3) is 11.0 Å². The Bertz CT molecular complexity index is 500. The molecule has 1 aromatic carbocycles. The highest BCUT2D eigenvalue weighted by molar-refractivity contribution is 5.82. The number of likely N-dealkylation sites (N-methyl/N-ethyl adjacent to an activating group) is 1. The molecule has 1 atom stereocenters. The summed E-state index contributed by atoms with van der Waals surface area (Å²) in [6.07, 6.45) is 2.92. The minimum Gasteiger partial charge on any atom is -0.464 e. The second kappa shape index (κ2) is 3.11. The maximum Gasteiger partial charge on any atom is 0.134 e. The standard InChI is InChI=1S/C13H15NO/c1-9-10-3-4-13-12(6-8-15-13)11(10)5-7-14(9)2/h3-4,6,8-9H,5,7H2,1-2H3. The fourth-order valence-electron chi connectivity index (χ4n) is 2.51. The monoisotopic (exact) mass is 201 g/mol. The topological polar surface area (TPSA) is 16.4 Å². The van der Waals surface area contributed by atoms with Crippen molar-refractivity contribution in [3.63, 3.8) is 0 Å². The summed E-state index contributed by atoms with van der Waals surface area (Å²) in [5, 5.41) is 1.30. The highest BCUT2D eigenvalue weighted by Crippen LogP contribution is 2.33. The summed E-state index contributed by atoms with van der Waals surface area (Å²) < 4.78 is 5.43. The maximum absolute atomic E-state index is 5.43. The predicted molar refractivity (Wildman–Crippen MR) is 61.0 cm³/mol. The molecule has 2 heterocycles. The summed E-state index contributed by atoms with van der Waals surface area (Å²) in [7, 11) is 2.19. The van der Waals surface area contributed by atoms with Crippen molar-refractivity contribution < 1.29 is 4.42 Å². The molecule has 0 radical (unpaired) electrons. The van der Waals surface area contributed by atoms with Gasteiger partial charge >= 0.3 is 0 Å². The summed E-state index contributed by atoms with van der Waals surface area (Å²) in [6, 6.07) is 6.91. The van der Waals surface area contributed by atoms with Gasteiger partial charge in [-0.05, 0) is 43.7 Å². The molecule has 2 nitrogen and oxygen atoms in total. The van der Waals surface area contributed by atoms with Gasteiger partial charge in [0.15, 0.2) is 0 Å². The van der Waals surface area contributed by atoms with Gasteiger partial charge in [0.1, 0.15) is 5.58 Å². The molecule has 1 unspecified atom stereocenters. The van der Waals surface area contributed by atoms with E-state index in [1.807, 2.05) is 0 Å². The molecule has 0 saturated heterocycles. The molecule has 0 saturated carbocycles. The van der Waals surface area contributed by atoms with Crippen molar-refractivity contribution in [2.24, 2.45) is 0 Å². The van der Waals surface area contributed by atoms with Crippen LogP contribution in [-0.4, -0.2) is 18.5 Å². The maximum atomic E-state index is 5.43. The van der Waals surface area contributed by atoms with Gasteiger partial charge in [0, 0.05) is 18.0 Å². The quantitative estimate of drug-likeness (QED) is 0.651. The van der Waals surface area contributed by atoms with Crippen LogP contribution in [-0.2, 0) is 6.42 Å². The van der Waals surface area contributed by atoms with Gasteiger partial charge < -0.3 is 4.42 Å². The van der Waals surface area contributed by atoms with Crippen LogP contribution >= 0.6 is 0 Å². The second-order valence-corrected chi connectivity index (χ2v) is 4.37. The lowest BCUT2D eigenvalue weighted by atomic mass is 9.91. The second-order valence-electron chi connectivity index (χ2n) is 4.37. The van der Waals surface area contributed by atoms with E-state index in [4.69, 9.17) is 4.42 Å². The SMILES string of the molecule is CC1c2ccc3occc3c2CCN1C. The van der Waals surface area contributed by atoms with Crippen LogP contribution in [0.3, 0.4) is 0 Å². The Kier molecular flexibility index (Phi) is 1.86. The Morgan fingerprint density at radius 2 is 2.20 bits per heavy atom. The van der Waals surface area contributed by atoms with E-state index in [2.05, 4.69) is 37.1 Å². The van der Waals surface area contributed by atoms with Crippen molar-refractivity contribution in [3.8, 4) is 0 Å². The summed E-state index contributed by atoms with van der Waals surface area (Å²) in [6.45, 7) is 3.41. The molecule has 0 aliphatic carbocycles. The molecule has 0 spiro atoms. The summed E-state index contributed by atoms with van der Waals surface area (Å²) in [5.74, 6) is 0. The molecule has 0 fully saturated rings. The van der Waals surface area contributed by atoms with Crippen molar-refractivity contribution >= 4 is 11.0 Å². The molecule has 3 rings (SSSR count). The lowest BCUT2D eigenvalue weighted by molar-refractivity contribution is 0.248. The highest BCUT2D eigenvalue weighted by Gasteiger charge is 2.22. The third-order valence-electron chi connectivity index (χ3n) is 3.61. The van der Waals surface area contributed by atoms with Crippen LogP contribution < -0.4 is 0 Å². The Hall–Kier alpha value is -1.28. The van der Waals surface area contributed by atoms with Gasteiger partial charge in [-0.3, -0.25) is 4.90 Å². The van der Waals surface area contributed by atoms with Gasteiger partial charge in [0.05, 0.1) is 6.26 Å². The van der Waals surface area contributed by atoms with E-state index in [0.29, 0.717) is 6.04 Å². The Morgan fingerprint density at radius 3 is 3.07 bits per heavy atom. The summed E-state index contributed by atoms with van der Waals surface area (Å²) in [4.78, 5) is 2.40. The summed E-state index contributed by atoms with van der Waals surface area (Å²) in [5.41, 5.74) is 3.95.